The van der Waals surface area contributed by atoms with Crippen molar-refractivity contribution >= 4 is 17.6 Å². The van der Waals surface area contributed by atoms with Crippen LogP contribution in [0.15, 0.2) is 65.8 Å². The van der Waals surface area contributed by atoms with Crippen LogP contribution in [-0.4, -0.2) is 55.5 Å². The number of aliphatic imine (C=N–C) groups is 1. The minimum absolute atomic E-state index is 0.0620. The first kappa shape index (κ1) is 26.4. The lowest BCUT2D eigenvalue weighted by Crippen LogP contribution is -2.36. The van der Waals surface area contributed by atoms with Gasteiger partial charge in [0.15, 0.2) is 11.5 Å². The van der Waals surface area contributed by atoms with Crippen LogP contribution in [0.3, 0.4) is 0 Å². The van der Waals surface area contributed by atoms with E-state index in [9.17, 15) is 9.59 Å². The van der Waals surface area contributed by atoms with E-state index in [4.69, 9.17) is 19.2 Å². The monoisotopic (exact) mass is 527 g/mol. The van der Waals surface area contributed by atoms with E-state index in [0.717, 1.165) is 40.9 Å². The molecule has 0 spiro atoms. The number of carbonyl (C=O) groups excluding carboxylic acids is 2. The number of nitrogens with one attached hydrogen (secondary N) is 1. The van der Waals surface area contributed by atoms with E-state index in [2.05, 4.69) is 10.3 Å². The fourth-order valence-corrected chi connectivity index (χ4v) is 5.55. The van der Waals surface area contributed by atoms with Gasteiger partial charge >= 0.3 is 5.97 Å². The van der Waals surface area contributed by atoms with Crippen LogP contribution in [0.1, 0.15) is 64.8 Å². The van der Waals surface area contributed by atoms with Crippen LogP contribution >= 0.6 is 0 Å². The molecule has 0 saturated heterocycles. The molecule has 5 rings (SSSR count). The second kappa shape index (κ2) is 11.7. The zero-order valence-electron chi connectivity index (χ0n) is 22.5. The van der Waals surface area contributed by atoms with Crippen molar-refractivity contribution in [3.05, 3.63) is 88.7 Å². The van der Waals surface area contributed by atoms with Crippen LogP contribution in [0.4, 0.5) is 0 Å². The summed E-state index contributed by atoms with van der Waals surface area (Å²) in [6.45, 7) is 1.96. The molecule has 1 aromatic heterocycles. The third kappa shape index (κ3) is 5.79. The average molecular weight is 528 g/mol. The molecule has 202 valence electrons. The van der Waals surface area contributed by atoms with E-state index in [1.807, 2.05) is 54.6 Å². The first-order valence-corrected chi connectivity index (χ1v) is 13.3. The lowest BCUT2D eigenvalue weighted by molar-refractivity contribution is -0.148. The number of methoxy groups -OCH3 is 2. The van der Waals surface area contributed by atoms with E-state index in [1.165, 1.54) is 6.92 Å². The minimum Gasteiger partial charge on any atom is -0.493 e. The Kier molecular flexibility index (Phi) is 7.91. The predicted octanol–water partition coefficient (Wildman–Crippen LogP) is 4.49. The molecule has 1 N–H and O–H groups in total. The third-order valence-corrected chi connectivity index (χ3v) is 7.42. The molecule has 8 nitrogen and oxygen atoms in total. The van der Waals surface area contributed by atoms with Crippen molar-refractivity contribution in [3.8, 4) is 11.5 Å². The Hall–Kier alpha value is -4.20. The van der Waals surface area contributed by atoms with E-state index in [1.54, 1.807) is 20.4 Å². The summed E-state index contributed by atoms with van der Waals surface area (Å²) in [6, 6.07) is 17.4. The molecule has 1 amide bonds. The molecule has 0 radical (unpaired) electrons. The molecule has 39 heavy (non-hydrogen) atoms. The molecular weight excluding hydrogens is 494 g/mol. The van der Waals surface area contributed by atoms with Gasteiger partial charge in [-0.2, -0.15) is 0 Å². The second-order valence-electron chi connectivity index (χ2n) is 9.89. The molecule has 1 aliphatic carbocycles. The summed E-state index contributed by atoms with van der Waals surface area (Å²) >= 11 is 0. The summed E-state index contributed by atoms with van der Waals surface area (Å²) in [6.07, 6.45) is 4.60. The van der Waals surface area contributed by atoms with Crippen LogP contribution in [-0.2, 0) is 16.0 Å². The summed E-state index contributed by atoms with van der Waals surface area (Å²) in [5, 5.41) is 2.97. The molecule has 3 atom stereocenters. The molecule has 3 aromatic rings. The number of hydrogen-bond acceptors (Lipinski definition) is 7. The number of esters is 1. The molecule has 2 heterocycles. The Morgan fingerprint density at radius 3 is 2.46 bits per heavy atom. The Balaban J connectivity index is 1.39. The summed E-state index contributed by atoms with van der Waals surface area (Å²) in [7, 11) is 3.24. The van der Waals surface area contributed by atoms with Gasteiger partial charge in [0.05, 0.1) is 26.0 Å². The van der Waals surface area contributed by atoms with E-state index >= 15 is 0 Å². The Morgan fingerprint density at radius 2 is 1.77 bits per heavy atom. The molecule has 3 unspecified atom stereocenters. The number of pyridine rings is 1. The minimum atomic E-state index is -0.258. The number of aromatic nitrogens is 1. The normalized spacial score (nSPS) is 19.7. The number of benzene rings is 2. The number of rotatable bonds is 8. The molecule has 1 fully saturated rings. The van der Waals surface area contributed by atoms with Crippen molar-refractivity contribution in [2.75, 3.05) is 20.8 Å². The molecule has 2 aromatic carbocycles. The van der Waals surface area contributed by atoms with Crippen LogP contribution < -0.4 is 14.8 Å². The highest BCUT2D eigenvalue weighted by molar-refractivity contribution is 6.15. The van der Waals surface area contributed by atoms with Gasteiger partial charge < -0.3 is 19.5 Å². The topological polar surface area (TPSA) is 99.1 Å². The molecular formula is C31H33N3O5. The van der Waals surface area contributed by atoms with Crippen LogP contribution in [0.5, 0.6) is 11.5 Å². The quantitative estimate of drug-likeness (QED) is 0.434. The maximum atomic E-state index is 12.7. The number of carbonyl (C=O) groups is 2. The van der Waals surface area contributed by atoms with Crippen LogP contribution in [0, 0.1) is 0 Å². The van der Waals surface area contributed by atoms with Gasteiger partial charge in [-0.15, -0.1) is 0 Å². The highest BCUT2D eigenvalue weighted by atomic mass is 16.5. The van der Waals surface area contributed by atoms with Crippen molar-refractivity contribution in [2.45, 2.75) is 50.7 Å². The third-order valence-electron chi connectivity index (χ3n) is 7.42. The highest BCUT2D eigenvalue weighted by Gasteiger charge is 2.38. The number of ether oxygens (including phenoxy) is 3. The first-order chi connectivity index (χ1) is 19.0. The SMILES string of the molecule is COc1cc2c(cc1OC)C1CC(OC(C)=O)CCC1N=C2c1ccc(C(=O)NCCc2ccccn2)cc1. The van der Waals surface area contributed by atoms with Crippen molar-refractivity contribution < 1.29 is 23.8 Å². The fourth-order valence-electron chi connectivity index (χ4n) is 5.55. The largest absolute Gasteiger partial charge is 0.493 e. The Bertz CT molecular complexity index is 1370. The molecule has 8 heteroatoms. The fraction of sp³-hybridized carbons (Fsp3) is 0.355. The lowest BCUT2D eigenvalue weighted by Gasteiger charge is -2.38. The summed E-state index contributed by atoms with van der Waals surface area (Å²) < 4.78 is 16.8. The zero-order valence-corrected chi connectivity index (χ0v) is 22.5. The highest BCUT2D eigenvalue weighted by Crippen LogP contribution is 2.45. The van der Waals surface area contributed by atoms with Gasteiger partial charge in [0.1, 0.15) is 6.10 Å². The van der Waals surface area contributed by atoms with Gasteiger partial charge in [-0.1, -0.05) is 18.2 Å². The van der Waals surface area contributed by atoms with Gasteiger partial charge in [0.25, 0.3) is 5.91 Å². The standard InChI is InChI=1S/C31H33N3O5/c1-19(35)39-23-11-12-27-25(16-23)24-17-28(37-2)29(38-3)18-26(24)30(34-27)20-7-9-21(10-8-20)31(36)33-15-13-22-6-4-5-14-32-22/h4-10,14,17-18,23,25,27H,11-13,15-16H2,1-3H3,(H,33,36). The van der Waals surface area contributed by atoms with Crippen molar-refractivity contribution in [1.29, 1.82) is 0 Å². The molecule has 0 bridgehead atoms. The Labute approximate surface area is 228 Å². The summed E-state index contributed by atoms with van der Waals surface area (Å²) in [5.74, 6) is 0.999. The zero-order chi connectivity index (χ0) is 27.4. The number of nitrogens with zero attached hydrogens (tertiary/aromatic N) is 2. The Morgan fingerprint density at radius 1 is 1.00 bits per heavy atom. The molecule has 1 saturated carbocycles. The van der Waals surface area contributed by atoms with Crippen LogP contribution in [0.25, 0.3) is 0 Å². The van der Waals surface area contributed by atoms with E-state index in [-0.39, 0.29) is 29.9 Å². The van der Waals surface area contributed by atoms with Gasteiger partial charge in [0.2, 0.25) is 0 Å². The maximum absolute atomic E-state index is 12.7. The van der Waals surface area contributed by atoms with Gasteiger partial charge in [-0.05, 0) is 61.2 Å². The maximum Gasteiger partial charge on any atom is 0.302 e. The second-order valence-corrected chi connectivity index (χ2v) is 9.89. The molecule has 1 aliphatic heterocycles. The van der Waals surface area contributed by atoms with Gasteiger partial charge in [-0.3, -0.25) is 19.6 Å². The number of hydrogen-bond donors (Lipinski definition) is 1. The predicted molar refractivity (Wildman–Crippen MR) is 148 cm³/mol. The smallest absolute Gasteiger partial charge is 0.302 e. The average Bonchev–Trinajstić information content (AvgIpc) is 2.96. The number of fused-ring (bicyclic) bond motifs is 3. The lowest BCUT2D eigenvalue weighted by atomic mass is 9.74. The molecule has 2 aliphatic rings. The van der Waals surface area contributed by atoms with Crippen molar-refractivity contribution in [1.82, 2.24) is 10.3 Å². The summed E-state index contributed by atoms with van der Waals surface area (Å²) in [4.78, 5) is 33.8. The van der Waals surface area contributed by atoms with Crippen molar-refractivity contribution in [3.63, 3.8) is 0 Å². The van der Waals surface area contributed by atoms with Crippen LogP contribution in [0.2, 0.25) is 0 Å². The van der Waals surface area contributed by atoms with Gasteiger partial charge in [0, 0.05) is 54.4 Å². The van der Waals surface area contributed by atoms with Crippen molar-refractivity contribution in [2.24, 2.45) is 4.99 Å². The summed E-state index contributed by atoms with van der Waals surface area (Å²) in [5.41, 5.74) is 5.38. The van der Waals surface area contributed by atoms with E-state index in [0.29, 0.717) is 36.4 Å². The first-order valence-electron chi connectivity index (χ1n) is 13.3. The van der Waals surface area contributed by atoms with Gasteiger partial charge in [-0.25, -0.2) is 0 Å². The van der Waals surface area contributed by atoms with E-state index < -0.39 is 0 Å². The number of amides is 1.